The number of hydrogen-bond donors (Lipinski definition) is 1. The summed E-state index contributed by atoms with van der Waals surface area (Å²) in [5.41, 5.74) is 9.33. The zero-order valence-electron chi connectivity index (χ0n) is 11.5. The average molecular weight is 260 g/mol. The van der Waals surface area contributed by atoms with Gasteiger partial charge in [-0.3, -0.25) is 4.79 Å². The van der Waals surface area contributed by atoms with Crippen molar-refractivity contribution in [3.63, 3.8) is 0 Å². The van der Waals surface area contributed by atoms with E-state index in [1.807, 2.05) is 17.9 Å². The highest BCUT2D eigenvalue weighted by atomic mass is 16.5. The predicted octanol–water partition coefficient (Wildman–Crippen LogP) is 2.00. The standard InChI is InChI=1S/C15H20N2O2/c1-11-9-13(16)3-4-14(11)15(18)17-7-5-12(6-8-17)10-19-2/h3-5,9H,6-8,10,16H2,1-2H3. The number of anilines is 1. The van der Waals surface area contributed by atoms with E-state index in [1.165, 1.54) is 5.57 Å². The zero-order chi connectivity index (χ0) is 13.8. The summed E-state index contributed by atoms with van der Waals surface area (Å²) in [5, 5.41) is 0. The van der Waals surface area contributed by atoms with E-state index in [-0.39, 0.29) is 5.91 Å². The van der Waals surface area contributed by atoms with Crippen LogP contribution < -0.4 is 5.73 Å². The Hall–Kier alpha value is -1.81. The molecule has 2 N–H and O–H groups in total. The minimum atomic E-state index is 0.0743. The van der Waals surface area contributed by atoms with Crippen molar-refractivity contribution < 1.29 is 9.53 Å². The van der Waals surface area contributed by atoms with Crippen LogP contribution in [0.25, 0.3) is 0 Å². The molecule has 1 aliphatic heterocycles. The number of methoxy groups -OCH3 is 1. The van der Waals surface area contributed by atoms with Crippen LogP contribution in [0.4, 0.5) is 5.69 Å². The first-order chi connectivity index (χ1) is 9.11. The fourth-order valence-corrected chi connectivity index (χ4v) is 2.31. The van der Waals surface area contributed by atoms with Gasteiger partial charge in [-0.15, -0.1) is 0 Å². The SMILES string of the molecule is COCC1=CCN(C(=O)c2ccc(N)cc2C)CC1. The molecular formula is C15H20N2O2. The lowest BCUT2D eigenvalue weighted by Crippen LogP contribution is -2.35. The number of nitrogens with two attached hydrogens (primary N) is 1. The van der Waals surface area contributed by atoms with Crippen molar-refractivity contribution in [3.05, 3.63) is 41.0 Å². The number of nitrogens with zero attached hydrogens (tertiary/aromatic N) is 1. The van der Waals surface area contributed by atoms with Crippen LogP contribution in [0.5, 0.6) is 0 Å². The van der Waals surface area contributed by atoms with Gasteiger partial charge in [0.05, 0.1) is 6.61 Å². The number of benzene rings is 1. The second-order valence-electron chi connectivity index (χ2n) is 4.87. The molecule has 2 rings (SSSR count). The summed E-state index contributed by atoms with van der Waals surface area (Å²) in [5.74, 6) is 0.0743. The summed E-state index contributed by atoms with van der Waals surface area (Å²) >= 11 is 0. The number of rotatable bonds is 3. The van der Waals surface area contributed by atoms with Crippen LogP contribution in [0, 0.1) is 6.92 Å². The number of carbonyl (C=O) groups excluding carboxylic acids is 1. The van der Waals surface area contributed by atoms with Crippen LogP contribution in [-0.4, -0.2) is 37.6 Å². The lowest BCUT2D eigenvalue weighted by atomic mass is 10.0. The largest absolute Gasteiger partial charge is 0.399 e. The molecule has 0 saturated heterocycles. The van der Waals surface area contributed by atoms with Crippen molar-refractivity contribution in [2.24, 2.45) is 0 Å². The molecule has 0 unspecified atom stereocenters. The van der Waals surface area contributed by atoms with E-state index in [1.54, 1.807) is 19.2 Å². The number of amides is 1. The third-order valence-corrected chi connectivity index (χ3v) is 3.40. The van der Waals surface area contributed by atoms with Gasteiger partial charge in [-0.25, -0.2) is 0 Å². The minimum absolute atomic E-state index is 0.0743. The maximum Gasteiger partial charge on any atom is 0.254 e. The summed E-state index contributed by atoms with van der Waals surface area (Å²) in [6.45, 7) is 3.97. The molecule has 1 aromatic rings. The molecule has 4 heteroatoms. The van der Waals surface area contributed by atoms with Crippen molar-refractivity contribution in [2.45, 2.75) is 13.3 Å². The molecule has 1 heterocycles. The topological polar surface area (TPSA) is 55.6 Å². The Balaban J connectivity index is 2.09. The van der Waals surface area contributed by atoms with Crippen LogP contribution in [0.3, 0.4) is 0 Å². The van der Waals surface area contributed by atoms with E-state index >= 15 is 0 Å². The maximum absolute atomic E-state index is 12.4. The van der Waals surface area contributed by atoms with Crippen molar-refractivity contribution in [1.82, 2.24) is 4.90 Å². The Morgan fingerprint density at radius 2 is 2.26 bits per heavy atom. The Kier molecular flexibility index (Phi) is 4.22. The van der Waals surface area contributed by atoms with Crippen molar-refractivity contribution >= 4 is 11.6 Å². The smallest absolute Gasteiger partial charge is 0.254 e. The second kappa shape index (κ2) is 5.89. The molecule has 0 fully saturated rings. The Morgan fingerprint density at radius 3 is 2.84 bits per heavy atom. The van der Waals surface area contributed by atoms with Crippen LogP contribution in [-0.2, 0) is 4.74 Å². The third-order valence-electron chi connectivity index (χ3n) is 3.40. The van der Waals surface area contributed by atoms with Crippen LogP contribution in [0.2, 0.25) is 0 Å². The predicted molar refractivity (Wildman–Crippen MR) is 76.1 cm³/mol. The molecule has 102 valence electrons. The van der Waals surface area contributed by atoms with Gasteiger partial charge in [0, 0.05) is 31.5 Å². The van der Waals surface area contributed by atoms with E-state index < -0.39 is 0 Å². The minimum Gasteiger partial charge on any atom is -0.399 e. The number of hydrogen-bond acceptors (Lipinski definition) is 3. The van der Waals surface area contributed by atoms with Gasteiger partial charge in [0.15, 0.2) is 0 Å². The highest BCUT2D eigenvalue weighted by Crippen LogP contribution is 2.18. The number of ether oxygens (including phenoxy) is 1. The third kappa shape index (κ3) is 3.15. The molecule has 0 aliphatic carbocycles. The average Bonchev–Trinajstić information content (AvgIpc) is 2.39. The first-order valence-electron chi connectivity index (χ1n) is 6.44. The van der Waals surface area contributed by atoms with Gasteiger partial charge in [-0.05, 0) is 42.7 Å². The highest BCUT2D eigenvalue weighted by Gasteiger charge is 2.19. The Morgan fingerprint density at radius 1 is 1.47 bits per heavy atom. The first-order valence-corrected chi connectivity index (χ1v) is 6.44. The number of aryl methyl sites for hydroxylation is 1. The van der Waals surface area contributed by atoms with E-state index in [2.05, 4.69) is 6.08 Å². The summed E-state index contributed by atoms with van der Waals surface area (Å²) in [4.78, 5) is 14.3. The van der Waals surface area contributed by atoms with Gasteiger partial charge in [0.2, 0.25) is 0 Å². The van der Waals surface area contributed by atoms with Gasteiger partial charge in [-0.2, -0.15) is 0 Å². The molecule has 0 atom stereocenters. The fourth-order valence-electron chi connectivity index (χ4n) is 2.31. The van der Waals surface area contributed by atoms with Gasteiger partial charge >= 0.3 is 0 Å². The molecule has 0 bridgehead atoms. The number of nitrogen functional groups attached to an aromatic ring is 1. The molecule has 0 aromatic heterocycles. The molecule has 19 heavy (non-hydrogen) atoms. The van der Waals surface area contributed by atoms with E-state index in [9.17, 15) is 4.79 Å². The normalized spacial score (nSPS) is 15.3. The first kappa shape index (κ1) is 13.6. The lowest BCUT2D eigenvalue weighted by Gasteiger charge is -2.27. The molecule has 4 nitrogen and oxygen atoms in total. The van der Waals surface area contributed by atoms with Gasteiger partial charge in [0.25, 0.3) is 5.91 Å². The Bertz CT molecular complexity index is 509. The van der Waals surface area contributed by atoms with Gasteiger partial charge < -0.3 is 15.4 Å². The zero-order valence-corrected chi connectivity index (χ0v) is 11.5. The van der Waals surface area contributed by atoms with Gasteiger partial charge in [0.1, 0.15) is 0 Å². The molecule has 1 aromatic carbocycles. The van der Waals surface area contributed by atoms with Crippen LogP contribution >= 0.6 is 0 Å². The summed E-state index contributed by atoms with van der Waals surface area (Å²) in [6, 6.07) is 5.42. The monoisotopic (exact) mass is 260 g/mol. The van der Waals surface area contributed by atoms with E-state index in [0.717, 1.165) is 24.1 Å². The number of carbonyl (C=O) groups is 1. The van der Waals surface area contributed by atoms with Crippen molar-refractivity contribution in [2.75, 3.05) is 32.5 Å². The second-order valence-corrected chi connectivity index (χ2v) is 4.87. The van der Waals surface area contributed by atoms with E-state index in [4.69, 9.17) is 10.5 Å². The molecule has 0 radical (unpaired) electrons. The van der Waals surface area contributed by atoms with Crippen molar-refractivity contribution in [1.29, 1.82) is 0 Å². The molecule has 1 amide bonds. The molecule has 0 saturated carbocycles. The Labute approximate surface area is 113 Å². The molecular weight excluding hydrogens is 240 g/mol. The quantitative estimate of drug-likeness (QED) is 0.668. The molecule has 0 spiro atoms. The van der Waals surface area contributed by atoms with Crippen molar-refractivity contribution in [3.8, 4) is 0 Å². The van der Waals surface area contributed by atoms with E-state index in [0.29, 0.717) is 18.8 Å². The fraction of sp³-hybridized carbons (Fsp3) is 0.400. The van der Waals surface area contributed by atoms with Crippen LogP contribution in [0.15, 0.2) is 29.8 Å². The molecule has 1 aliphatic rings. The summed E-state index contributed by atoms with van der Waals surface area (Å²) in [6.07, 6.45) is 2.96. The van der Waals surface area contributed by atoms with Gasteiger partial charge in [-0.1, -0.05) is 6.08 Å². The summed E-state index contributed by atoms with van der Waals surface area (Å²) < 4.78 is 5.11. The maximum atomic E-state index is 12.4. The lowest BCUT2D eigenvalue weighted by molar-refractivity contribution is 0.0764. The van der Waals surface area contributed by atoms with Crippen LogP contribution in [0.1, 0.15) is 22.3 Å². The highest BCUT2D eigenvalue weighted by molar-refractivity contribution is 5.96. The summed E-state index contributed by atoms with van der Waals surface area (Å²) in [7, 11) is 1.69.